The lowest BCUT2D eigenvalue weighted by Gasteiger charge is -2.15. The highest BCUT2D eigenvalue weighted by Gasteiger charge is 2.15. The highest BCUT2D eigenvalue weighted by atomic mass is 16.5. The van der Waals surface area contributed by atoms with E-state index < -0.39 is 12.0 Å². The van der Waals surface area contributed by atoms with Crippen LogP contribution in [-0.4, -0.2) is 41.8 Å². The number of carbonyl (C=O) groups is 2. The van der Waals surface area contributed by atoms with Gasteiger partial charge in [-0.15, -0.1) is 0 Å². The van der Waals surface area contributed by atoms with Gasteiger partial charge in [-0.25, -0.2) is 4.79 Å². The second-order valence-corrected chi connectivity index (χ2v) is 9.45. The molecule has 206 valence electrons. The Labute approximate surface area is 231 Å². The zero-order chi connectivity index (χ0) is 28.1. The predicted octanol–water partition coefficient (Wildman–Crippen LogP) is 5.35. The van der Waals surface area contributed by atoms with Gasteiger partial charge in [0.1, 0.15) is 17.5 Å². The maximum Gasteiger partial charge on any atom is 0.323 e. The molecule has 0 saturated carbocycles. The fourth-order valence-electron chi connectivity index (χ4n) is 4.59. The Morgan fingerprint density at radius 1 is 0.950 bits per heavy atom. The summed E-state index contributed by atoms with van der Waals surface area (Å²) in [5.74, 6) is 0.908. The van der Waals surface area contributed by atoms with Crippen LogP contribution in [0.3, 0.4) is 0 Å². The van der Waals surface area contributed by atoms with Gasteiger partial charge in [-0.1, -0.05) is 6.07 Å². The lowest BCUT2D eigenvalue weighted by atomic mass is 10.1. The molecule has 3 aromatic carbocycles. The van der Waals surface area contributed by atoms with Crippen molar-refractivity contribution in [3.63, 3.8) is 0 Å². The Bertz CT molecular complexity index is 1540. The van der Waals surface area contributed by atoms with Gasteiger partial charge < -0.3 is 35.7 Å². The molecule has 10 nitrogen and oxygen atoms in total. The molecule has 1 aromatic heterocycles. The molecular weight excluding hydrogens is 512 g/mol. The summed E-state index contributed by atoms with van der Waals surface area (Å²) >= 11 is 0. The summed E-state index contributed by atoms with van der Waals surface area (Å²) in [4.78, 5) is 27.8. The number of aryl methyl sites for hydroxylation is 2. The van der Waals surface area contributed by atoms with Crippen LogP contribution in [0.5, 0.6) is 23.0 Å². The maximum atomic E-state index is 12.5. The average Bonchev–Trinajstić information content (AvgIpc) is 3.41. The minimum atomic E-state index is -1.08. The molecule has 2 amide bonds. The third-order valence-corrected chi connectivity index (χ3v) is 6.69. The van der Waals surface area contributed by atoms with E-state index in [9.17, 15) is 9.59 Å². The lowest BCUT2D eigenvalue weighted by Crippen LogP contribution is -2.31. The van der Waals surface area contributed by atoms with Crippen molar-refractivity contribution >= 4 is 34.3 Å². The highest BCUT2D eigenvalue weighted by molar-refractivity contribution is 5.99. The van der Waals surface area contributed by atoms with E-state index >= 15 is 0 Å². The summed E-state index contributed by atoms with van der Waals surface area (Å²) < 4.78 is 17.3. The van der Waals surface area contributed by atoms with E-state index in [1.807, 2.05) is 12.1 Å². The molecule has 1 atom stereocenters. The second kappa shape index (κ2) is 11.9. The van der Waals surface area contributed by atoms with Gasteiger partial charge in [0.25, 0.3) is 0 Å². The summed E-state index contributed by atoms with van der Waals surface area (Å²) in [6.07, 6.45) is 5.07. The number of amides is 2. The van der Waals surface area contributed by atoms with E-state index in [0.717, 1.165) is 24.9 Å². The van der Waals surface area contributed by atoms with Crippen LogP contribution in [0.15, 0.2) is 66.9 Å². The Morgan fingerprint density at radius 3 is 2.48 bits per heavy atom. The lowest BCUT2D eigenvalue weighted by molar-refractivity contribution is -0.138. The molecule has 5 N–H and O–H groups in total. The molecular formula is C30H30N4O6. The van der Waals surface area contributed by atoms with Gasteiger partial charge in [-0.3, -0.25) is 9.78 Å². The minimum Gasteiger partial charge on any atom is -0.493 e. The van der Waals surface area contributed by atoms with E-state index in [1.165, 1.54) is 18.2 Å². The van der Waals surface area contributed by atoms with Crippen LogP contribution in [-0.2, 0) is 17.6 Å². The molecule has 1 aliphatic carbocycles. The molecule has 0 bridgehead atoms. The highest BCUT2D eigenvalue weighted by Crippen LogP contribution is 2.37. The molecule has 0 fully saturated rings. The van der Waals surface area contributed by atoms with Crippen molar-refractivity contribution in [2.45, 2.75) is 31.7 Å². The van der Waals surface area contributed by atoms with Crippen molar-refractivity contribution in [2.75, 3.05) is 24.4 Å². The number of carboxylic acid groups (broad SMARTS) is 1. The summed E-state index contributed by atoms with van der Waals surface area (Å²) in [7, 11) is 1.51. The Morgan fingerprint density at radius 2 is 1.70 bits per heavy atom. The van der Waals surface area contributed by atoms with Crippen LogP contribution in [0.25, 0.3) is 10.9 Å². The van der Waals surface area contributed by atoms with E-state index in [2.05, 4.69) is 21.7 Å². The number of rotatable bonds is 10. The molecule has 0 radical (unpaired) electrons. The fraction of sp³-hybridized carbons (Fsp3) is 0.233. The number of aromatic nitrogens is 1. The first kappa shape index (κ1) is 26.8. The van der Waals surface area contributed by atoms with Gasteiger partial charge in [-0.05, 0) is 78.9 Å². The zero-order valence-electron chi connectivity index (χ0n) is 22.0. The van der Waals surface area contributed by atoms with Crippen LogP contribution in [0.2, 0.25) is 0 Å². The molecule has 1 aliphatic rings. The van der Waals surface area contributed by atoms with E-state index in [1.54, 1.807) is 48.7 Å². The summed E-state index contributed by atoms with van der Waals surface area (Å²) in [5.41, 5.74) is 10.2. The molecule has 0 spiro atoms. The Balaban J connectivity index is 1.24. The number of hydrogen-bond acceptors (Lipinski definition) is 7. The number of anilines is 2. The maximum absolute atomic E-state index is 12.5. The van der Waals surface area contributed by atoms with Crippen molar-refractivity contribution in [1.82, 2.24) is 4.98 Å². The largest absolute Gasteiger partial charge is 0.493 e. The molecule has 0 saturated heterocycles. The summed E-state index contributed by atoms with van der Waals surface area (Å²) in [6.45, 7) is 0.108. The molecule has 0 aliphatic heterocycles. The van der Waals surface area contributed by atoms with Gasteiger partial charge in [0.15, 0.2) is 11.5 Å². The van der Waals surface area contributed by atoms with E-state index in [0.29, 0.717) is 39.6 Å². The fourth-order valence-corrected chi connectivity index (χ4v) is 4.59. The van der Waals surface area contributed by atoms with Gasteiger partial charge in [0.2, 0.25) is 0 Å². The molecule has 4 aromatic rings. The van der Waals surface area contributed by atoms with Gasteiger partial charge in [0, 0.05) is 35.4 Å². The number of hydrogen-bond donors (Lipinski definition) is 4. The number of aliphatic carboxylic acids is 1. The monoisotopic (exact) mass is 542 g/mol. The van der Waals surface area contributed by atoms with Crippen molar-refractivity contribution in [3.8, 4) is 23.0 Å². The summed E-state index contributed by atoms with van der Waals surface area (Å²) in [5, 5.41) is 15.4. The average molecular weight is 543 g/mol. The van der Waals surface area contributed by atoms with Gasteiger partial charge in [-0.2, -0.15) is 0 Å². The summed E-state index contributed by atoms with van der Waals surface area (Å²) in [6, 6.07) is 17.0. The molecule has 40 heavy (non-hydrogen) atoms. The first-order chi connectivity index (χ1) is 19.4. The molecule has 5 rings (SSSR count). The number of nitrogens with two attached hydrogens (primary N) is 1. The topological polar surface area (TPSA) is 145 Å². The number of carbonyl (C=O) groups excluding carboxylic acids is 1. The van der Waals surface area contributed by atoms with Crippen molar-refractivity contribution < 1.29 is 28.9 Å². The van der Waals surface area contributed by atoms with Crippen LogP contribution in [0.4, 0.5) is 16.2 Å². The van der Waals surface area contributed by atoms with E-state index in [-0.39, 0.29) is 19.1 Å². The number of carboxylic acids is 1. The number of urea groups is 1. The second-order valence-electron chi connectivity index (χ2n) is 9.45. The predicted molar refractivity (Wildman–Crippen MR) is 152 cm³/mol. The first-order valence-electron chi connectivity index (χ1n) is 13.0. The van der Waals surface area contributed by atoms with Crippen LogP contribution >= 0.6 is 0 Å². The zero-order valence-corrected chi connectivity index (χ0v) is 22.0. The van der Waals surface area contributed by atoms with Crippen molar-refractivity contribution in [3.05, 3.63) is 78.0 Å². The van der Waals surface area contributed by atoms with Crippen molar-refractivity contribution in [2.24, 2.45) is 5.73 Å². The number of benzene rings is 3. The molecule has 10 heteroatoms. The quantitative estimate of drug-likeness (QED) is 0.210. The smallest absolute Gasteiger partial charge is 0.323 e. The standard InChI is InChI=1S/C30H30N4O6/c1-38-27-16-23-25(17-28(27)39-14-12-24(31)29(35)36)32-13-11-26(23)40-22-9-7-20(8-10-22)33-30(37)34-21-6-5-18-3-2-4-19(18)15-21/h5-11,13,15-17,24H,2-4,12,14,31H2,1H3,(H,35,36)(H2,33,34,37). The van der Waals surface area contributed by atoms with Crippen molar-refractivity contribution in [1.29, 1.82) is 0 Å². The van der Waals surface area contributed by atoms with E-state index in [4.69, 9.17) is 25.1 Å². The van der Waals surface area contributed by atoms with Crippen LogP contribution < -0.4 is 30.6 Å². The normalized spacial score (nSPS) is 12.8. The number of fused-ring (bicyclic) bond motifs is 2. The third-order valence-electron chi connectivity index (χ3n) is 6.69. The first-order valence-corrected chi connectivity index (χ1v) is 13.0. The number of nitrogens with zero attached hydrogens (tertiary/aromatic N) is 1. The van der Waals surface area contributed by atoms with Crippen LogP contribution in [0.1, 0.15) is 24.0 Å². The third kappa shape index (κ3) is 6.24. The van der Waals surface area contributed by atoms with Crippen LogP contribution in [0, 0.1) is 0 Å². The number of pyridine rings is 1. The minimum absolute atomic E-state index is 0.108. The van der Waals surface area contributed by atoms with Gasteiger partial charge >= 0.3 is 12.0 Å². The number of ether oxygens (including phenoxy) is 3. The molecule has 1 unspecified atom stereocenters. The Kier molecular flexibility index (Phi) is 7.97. The Hall–Kier alpha value is -4.83. The number of nitrogens with one attached hydrogen (secondary N) is 2. The SMILES string of the molecule is COc1cc2c(Oc3ccc(NC(=O)Nc4ccc5c(c4)CCC5)cc3)ccnc2cc1OCCC(N)C(=O)O. The number of methoxy groups -OCH3 is 1. The molecule has 1 heterocycles. The van der Waals surface area contributed by atoms with Gasteiger partial charge in [0.05, 0.1) is 19.2 Å².